The van der Waals surface area contributed by atoms with Gasteiger partial charge in [-0.25, -0.2) is 0 Å². The number of nitro groups is 1. The first-order valence-electron chi connectivity index (χ1n) is 3.89. The van der Waals surface area contributed by atoms with Crippen LogP contribution in [0.15, 0.2) is 12.1 Å². The van der Waals surface area contributed by atoms with E-state index < -0.39 is 16.4 Å². The lowest BCUT2D eigenvalue weighted by Gasteiger charge is -2.00. The average Bonchev–Trinajstić information content (AvgIpc) is 2.21. The van der Waals surface area contributed by atoms with Gasteiger partial charge in [0.15, 0.2) is 0 Å². The summed E-state index contributed by atoms with van der Waals surface area (Å²) < 4.78 is 13.3. The maximum Gasteiger partial charge on any atom is 0.305 e. The molecule has 76 valence electrons. The molecule has 0 bridgehead atoms. The Morgan fingerprint density at radius 3 is 2.73 bits per heavy atom. The molecule has 0 unspecified atom stereocenters. The van der Waals surface area contributed by atoms with E-state index in [1.54, 1.807) is 6.07 Å². The molecule has 0 spiro atoms. The Bertz CT molecular complexity index is 465. The molecule has 1 aromatic rings. The van der Waals surface area contributed by atoms with Gasteiger partial charge >= 0.3 is 5.69 Å². The second kappa shape index (κ2) is 4.28. The topological polar surface area (TPSA) is 84.0 Å². The van der Waals surface area contributed by atoms with Crippen molar-refractivity contribution >= 4 is 12.0 Å². The summed E-state index contributed by atoms with van der Waals surface area (Å²) in [6, 6.07) is 3.62. The zero-order chi connectivity index (χ0) is 11.4. The summed E-state index contributed by atoms with van der Waals surface area (Å²) in [6.45, 7) is 0. The van der Waals surface area contributed by atoms with E-state index in [4.69, 9.17) is 5.26 Å². The number of aldehydes is 1. The molecular formula is C9H5FN2O3. The van der Waals surface area contributed by atoms with Gasteiger partial charge in [-0.05, 0) is 6.07 Å². The molecule has 0 aliphatic carbocycles. The highest BCUT2D eigenvalue weighted by atomic mass is 19.1. The van der Waals surface area contributed by atoms with Gasteiger partial charge in [-0.2, -0.15) is 9.65 Å². The molecule has 15 heavy (non-hydrogen) atoms. The molecule has 0 aliphatic rings. The van der Waals surface area contributed by atoms with Crippen LogP contribution in [0.25, 0.3) is 0 Å². The van der Waals surface area contributed by atoms with Gasteiger partial charge in [-0.15, -0.1) is 0 Å². The minimum Gasteiger partial charge on any atom is -0.298 e. The van der Waals surface area contributed by atoms with Crippen molar-refractivity contribution in [3.8, 4) is 6.07 Å². The lowest BCUT2D eigenvalue weighted by Crippen LogP contribution is -1.99. The van der Waals surface area contributed by atoms with Gasteiger partial charge in [0.05, 0.1) is 17.4 Å². The summed E-state index contributed by atoms with van der Waals surface area (Å²) in [7, 11) is 0. The Morgan fingerprint density at radius 2 is 2.27 bits per heavy atom. The Balaban J connectivity index is 3.41. The van der Waals surface area contributed by atoms with Crippen LogP contribution in [-0.4, -0.2) is 11.2 Å². The van der Waals surface area contributed by atoms with Gasteiger partial charge in [0, 0.05) is 17.2 Å². The third kappa shape index (κ3) is 2.14. The third-order valence-corrected chi connectivity index (χ3v) is 1.75. The number of nitro benzene ring substituents is 1. The average molecular weight is 208 g/mol. The highest BCUT2D eigenvalue weighted by Gasteiger charge is 2.19. The van der Waals surface area contributed by atoms with Gasteiger partial charge in [0.2, 0.25) is 5.82 Å². The lowest BCUT2D eigenvalue weighted by atomic mass is 10.1. The number of hydrogen-bond donors (Lipinski definition) is 0. The van der Waals surface area contributed by atoms with Crippen molar-refractivity contribution in [2.45, 2.75) is 6.42 Å². The fraction of sp³-hybridized carbons (Fsp3) is 0.111. The molecule has 5 nitrogen and oxygen atoms in total. The Kier molecular flexibility index (Phi) is 3.08. The largest absolute Gasteiger partial charge is 0.305 e. The fourth-order valence-electron chi connectivity index (χ4n) is 1.11. The van der Waals surface area contributed by atoms with Crippen LogP contribution in [0.4, 0.5) is 10.1 Å². The minimum absolute atomic E-state index is 0.0200. The lowest BCUT2D eigenvalue weighted by molar-refractivity contribution is -0.387. The summed E-state index contributed by atoms with van der Waals surface area (Å²) >= 11 is 0. The molecule has 0 fully saturated rings. The van der Waals surface area contributed by atoms with Crippen LogP contribution in [0.3, 0.4) is 0 Å². The highest BCUT2D eigenvalue weighted by molar-refractivity contribution is 5.76. The van der Waals surface area contributed by atoms with E-state index in [2.05, 4.69) is 0 Å². The van der Waals surface area contributed by atoms with Crippen LogP contribution in [0.1, 0.15) is 15.9 Å². The van der Waals surface area contributed by atoms with Gasteiger partial charge in [-0.1, -0.05) is 0 Å². The van der Waals surface area contributed by atoms with Crippen molar-refractivity contribution in [2.75, 3.05) is 0 Å². The number of rotatable bonds is 3. The van der Waals surface area contributed by atoms with Crippen LogP contribution < -0.4 is 0 Å². The van der Waals surface area contributed by atoms with E-state index in [1.807, 2.05) is 0 Å². The Labute approximate surface area is 83.9 Å². The quantitative estimate of drug-likeness (QED) is 0.429. The zero-order valence-electron chi connectivity index (χ0n) is 7.44. The number of nitriles is 1. The van der Waals surface area contributed by atoms with Crippen LogP contribution in [0.2, 0.25) is 0 Å². The van der Waals surface area contributed by atoms with Gasteiger partial charge in [0.25, 0.3) is 0 Å². The standard InChI is InChI=1S/C9H5FN2O3/c10-9-7(1-2-11)3-6(5-13)4-8(9)12(14)15/h3-5H,1H2. The van der Waals surface area contributed by atoms with Crippen molar-refractivity contribution in [1.82, 2.24) is 0 Å². The van der Waals surface area contributed by atoms with Crippen LogP contribution in [-0.2, 0) is 6.42 Å². The van der Waals surface area contributed by atoms with Gasteiger partial charge in [0.1, 0.15) is 6.29 Å². The van der Waals surface area contributed by atoms with Crippen molar-refractivity contribution in [2.24, 2.45) is 0 Å². The summed E-state index contributed by atoms with van der Waals surface area (Å²) in [5.74, 6) is -1.06. The SMILES string of the molecule is N#CCc1cc(C=O)cc([N+](=O)[O-])c1F. The molecule has 0 amide bonds. The molecular weight excluding hydrogens is 203 g/mol. The summed E-state index contributed by atoms with van der Waals surface area (Å²) in [4.78, 5) is 19.9. The predicted molar refractivity (Wildman–Crippen MR) is 47.8 cm³/mol. The first-order valence-corrected chi connectivity index (χ1v) is 3.89. The van der Waals surface area contributed by atoms with E-state index in [0.717, 1.165) is 12.1 Å². The van der Waals surface area contributed by atoms with E-state index in [-0.39, 0.29) is 17.5 Å². The molecule has 6 heteroatoms. The number of hydrogen-bond acceptors (Lipinski definition) is 4. The maximum absolute atomic E-state index is 13.3. The number of carbonyl (C=O) groups is 1. The zero-order valence-corrected chi connectivity index (χ0v) is 7.44. The first kappa shape index (κ1) is 10.8. The van der Waals surface area contributed by atoms with E-state index in [1.165, 1.54) is 0 Å². The number of nitrogens with zero attached hydrogens (tertiary/aromatic N) is 2. The van der Waals surface area contributed by atoms with E-state index >= 15 is 0 Å². The monoisotopic (exact) mass is 208 g/mol. The van der Waals surface area contributed by atoms with Crippen LogP contribution in [0, 0.1) is 27.3 Å². The summed E-state index contributed by atoms with van der Waals surface area (Å²) in [6.07, 6.45) is 0.0572. The molecule has 0 radical (unpaired) electrons. The van der Waals surface area contributed by atoms with E-state index in [9.17, 15) is 19.3 Å². The molecule has 0 heterocycles. The summed E-state index contributed by atoms with van der Waals surface area (Å²) in [5, 5.41) is 18.8. The van der Waals surface area contributed by atoms with E-state index in [0.29, 0.717) is 6.29 Å². The van der Waals surface area contributed by atoms with Crippen molar-refractivity contribution in [3.05, 3.63) is 39.2 Å². The van der Waals surface area contributed by atoms with Gasteiger partial charge in [-0.3, -0.25) is 14.9 Å². The number of benzene rings is 1. The summed E-state index contributed by atoms with van der Waals surface area (Å²) in [5.41, 5.74) is -0.952. The third-order valence-electron chi connectivity index (χ3n) is 1.75. The van der Waals surface area contributed by atoms with Crippen LogP contribution in [0.5, 0.6) is 0 Å². The number of carbonyl (C=O) groups excluding carboxylic acids is 1. The molecule has 0 aromatic heterocycles. The fourth-order valence-corrected chi connectivity index (χ4v) is 1.11. The molecule has 0 atom stereocenters. The minimum atomic E-state index is -1.06. The smallest absolute Gasteiger partial charge is 0.298 e. The normalized spacial score (nSPS) is 9.33. The molecule has 1 rings (SSSR count). The molecule has 0 saturated carbocycles. The highest BCUT2D eigenvalue weighted by Crippen LogP contribution is 2.22. The molecule has 0 N–H and O–H groups in total. The van der Waals surface area contributed by atoms with Gasteiger partial charge < -0.3 is 0 Å². The second-order valence-corrected chi connectivity index (χ2v) is 2.72. The first-order chi connectivity index (χ1) is 7.10. The van der Waals surface area contributed by atoms with Crippen molar-refractivity contribution in [3.63, 3.8) is 0 Å². The number of halogens is 1. The molecule has 1 aromatic carbocycles. The predicted octanol–water partition coefficient (Wildman–Crippen LogP) is 1.61. The molecule has 0 saturated heterocycles. The van der Waals surface area contributed by atoms with Crippen molar-refractivity contribution in [1.29, 1.82) is 5.26 Å². The van der Waals surface area contributed by atoms with Crippen LogP contribution >= 0.6 is 0 Å². The maximum atomic E-state index is 13.3. The molecule has 0 aliphatic heterocycles. The Hall–Kier alpha value is -2.29. The Morgan fingerprint density at radius 1 is 1.60 bits per heavy atom. The second-order valence-electron chi connectivity index (χ2n) is 2.72. The van der Waals surface area contributed by atoms with Crippen molar-refractivity contribution < 1.29 is 14.1 Å².